The van der Waals surface area contributed by atoms with E-state index in [1.807, 2.05) is 12.1 Å². The van der Waals surface area contributed by atoms with Crippen LogP contribution in [0.1, 0.15) is 6.42 Å². The van der Waals surface area contributed by atoms with E-state index in [9.17, 15) is 13.2 Å². The Morgan fingerprint density at radius 3 is 2.42 bits per heavy atom. The van der Waals surface area contributed by atoms with Gasteiger partial charge < -0.3 is 15.1 Å². The molecule has 6 nitrogen and oxygen atoms in total. The fourth-order valence-electron chi connectivity index (χ4n) is 3.02. The average molecular weight is 392 g/mol. The number of carbonyl (C=O) groups excluding carboxylic acids is 1. The zero-order chi connectivity index (χ0) is 17.3. The minimum Gasteiger partial charge on any atom is -0.368 e. The SMILES string of the molecule is O=C(NC1CCS(=O)(=O)C1)N1CCN(c2ccc(Cl)c(Cl)c2)CC1. The molecule has 0 spiro atoms. The maximum atomic E-state index is 12.3. The van der Waals surface area contributed by atoms with E-state index in [2.05, 4.69) is 10.2 Å². The van der Waals surface area contributed by atoms with Crippen molar-refractivity contribution in [1.82, 2.24) is 10.2 Å². The van der Waals surface area contributed by atoms with Crippen LogP contribution in [-0.4, -0.2) is 63.1 Å². The first-order valence-electron chi connectivity index (χ1n) is 7.80. The third kappa shape index (κ3) is 4.07. The van der Waals surface area contributed by atoms with Gasteiger partial charge in [0.15, 0.2) is 9.84 Å². The van der Waals surface area contributed by atoms with Crippen LogP contribution >= 0.6 is 23.2 Å². The van der Waals surface area contributed by atoms with Crippen molar-refractivity contribution < 1.29 is 13.2 Å². The molecule has 1 aromatic rings. The summed E-state index contributed by atoms with van der Waals surface area (Å²) in [7, 11) is -2.99. The lowest BCUT2D eigenvalue weighted by atomic mass is 10.2. The Balaban J connectivity index is 1.53. The maximum Gasteiger partial charge on any atom is 0.317 e. The second-order valence-corrected chi connectivity index (χ2v) is 9.17. The molecule has 2 aliphatic rings. The molecule has 2 heterocycles. The second kappa shape index (κ2) is 6.98. The van der Waals surface area contributed by atoms with Gasteiger partial charge in [-0.15, -0.1) is 0 Å². The number of hydrogen-bond acceptors (Lipinski definition) is 4. The van der Waals surface area contributed by atoms with Crippen LogP contribution in [0, 0.1) is 0 Å². The monoisotopic (exact) mass is 391 g/mol. The third-order valence-electron chi connectivity index (χ3n) is 4.40. The molecule has 24 heavy (non-hydrogen) atoms. The summed E-state index contributed by atoms with van der Waals surface area (Å²) in [5.41, 5.74) is 0.978. The maximum absolute atomic E-state index is 12.3. The van der Waals surface area contributed by atoms with E-state index in [0.29, 0.717) is 42.6 Å². The van der Waals surface area contributed by atoms with Crippen molar-refractivity contribution in [3.63, 3.8) is 0 Å². The van der Waals surface area contributed by atoms with Crippen LogP contribution in [0.5, 0.6) is 0 Å². The van der Waals surface area contributed by atoms with Gasteiger partial charge in [0, 0.05) is 37.9 Å². The van der Waals surface area contributed by atoms with E-state index in [4.69, 9.17) is 23.2 Å². The minimum absolute atomic E-state index is 0.0436. The standard InChI is InChI=1S/C15H19Cl2N3O3S/c16-13-2-1-12(9-14(13)17)19-4-6-20(7-5-19)15(21)18-11-3-8-24(22,23)10-11/h1-2,9,11H,3-8,10H2,(H,18,21). The van der Waals surface area contributed by atoms with E-state index in [0.717, 1.165) is 5.69 Å². The number of piperazine rings is 1. The highest BCUT2D eigenvalue weighted by Gasteiger charge is 2.31. The molecule has 0 aliphatic carbocycles. The van der Waals surface area contributed by atoms with Gasteiger partial charge in [-0.25, -0.2) is 13.2 Å². The lowest BCUT2D eigenvalue weighted by Crippen LogP contribution is -2.53. The van der Waals surface area contributed by atoms with Gasteiger partial charge in [-0.05, 0) is 24.6 Å². The minimum atomic E-state index is -2.99. The highest BCUT2D eigenvalue weighted by Crippen LogP contribution is 2.27. The lowest BCUT2D eigenvalue weighted by Gasteiger charge is -2.36. The number of nitrogens with one attached hydrogen (secondary N) is 1. The fraction of sp³-hybridized carbons (Fsp3) is 0.533. The number of rotatable bonds is 2. The third-order valence-corrected chi connectivity index (χ3v) is 6.90. The summed E-state index contributed by atoms with van der Waals surface area (Å²) in [4.78, 5) is 16.1. The van der Waals surface area contributed by atoms with Crippen LogP contribution < -0.4 is 10.2 Å². The Kier molecular flexibility index (Phi) is 5.13. The molecule has 9 heteroatoms. The van der Waals surface area contributed by atoms with Crippen LogP contribution in [0.3, 0.4) is 0 Å². The molecular formula is C15H19Cl2N3O3S. The number of sulfone groups is 1. The molecule has 0 bridgehead atoms. The summed E-state index contributed by atoms with van der Waals surface area (Å²) in [6.45, 7) is 2.53. The highest BCUT2D eigenvalue weighted by atomic mass is 35.5. The van der Waals surface area contributed by atoms with Gasteiger partial charge in [0.1, 0.15) is 0 Å². The quantitative estimate of drug-likeness (QED) is 0.836. The van der Waals surface area contributed by atoms with Gasteiger partial charge in [0.25, 0.3) is 0 Å². The van der Waals surface area contributed by atoms with Crippen LogP contribution in [-0.2, 0) is 9.84 Å². The smallest absolute Gasteiger partial charge is 0.317 e. The summed E-state index contributed by atoms with van der Waals surface area (Å²) >= 11 is 12.0. The zero-order valence-corrected chi connectivity index (χ0v) is 15.4. The Morgan fingerprint density at radius 2 is 1.83 bits per heavy atom. The lowest BCUT2D eigenvalue weighted by molar-refractivity contribution is 0.191. The van der Waals surface area contributed by atoms with Gasteiger partial charge >= 0.3 is 6.03 Å². The van der Waals surface area contributed by atoms with Crippen LogP contribution in [0.25, 0.3) is 0 Å². The first-order valence-corrected chi connectivity index (χ1v) is 10.4. The summed E-state index contributed by atoms with van der Waals surface area (Å²) in [5, 5.41) is 3.86. The van der Waals surface area contributed by atoms with E-state index < -0.39 is 9.84 Å². The molecular weight excluding hydrogens is 373 g/mol. The Hall–Kier alpha value is -1.18. The first-order chi connectivity index (χ1) is 11.3. The summed E-state index contributed by atoms with van der Waals surface area (Å²) in [5.74, 6) is 0.199. The molecule has 2 fully saturated rings. The predicted molar refractivity (Wildman–Crippen MR) is 95.8 cm³/mol. The van der Waals surface area contributed by atoms with Crippen molar-refractivity contribution in [2.75, 3.05) is 42.6 Å². The molecule has 1 atom stereocenters. The molecule has 0 radical (unpaired) electrons. The van der Waals surface area contributed by atoms with Gasteiger partial charge in [0.05, 0.1) is 21.6 Å². The van der Waals surface area contributed by atoms with Crippen LogP contribution in [0.15, 0.2) is 18.2 Å². The van der Waals surface area contributed by atoms with Crippen LogP contribution in [0.2, 0.25) is 10.0 Å². The number of carbonyl (C=O) groups is 1. The van der Waals surface area contributed by atoms with Crippen molar-refractivity contribution >= 4 is 44.8 Å². The van der Waals surface area contributed by atoms with E-state index in [-0.39, 0.29) is 23.6 Å². The van der Waals surface area contributed by atoms with Crippen LogP contribution in [0.4, 0.5) is 10.5 Å². The first kappa shape index (κ1) is 17.6. The number of nitrogens with zero attached hydrogens (tertiary/aromatic N) is 2. The molecule has 0 saturated carbocycles. The zero-order valence-electron chi connectivity index (χ0n) is 13.0. The predicted octanol–water partition coefficient (Wildman–Crippen LogP) is 2.01. The topological polar surface area (TPSA) is 69.7 Å². The molecule has 2 aliphatic heterocycles. The van der Waals surface area contributed by atoms with E-state index in [1.165, 1.54) is 0 Å². The molecule has 2 amide bonds. The Labute approximate surface area is 151 Å². The molecule has 0 aromatic heterocycles. The van der Waals surface area contributed by atoms with Crippen molar-refractivity contribution in [1.29, 1.82) is 0 Å². The summed E-state index contributed by atoms with van der Waals surface area (Å²) < 4.78 is 22.9. The number of benzene rings is 1. The number of halogens is 2. The molecule has 1 unspecified atom stereocenters. The fourth-order valence-corrected chi connectivity index (χ4v) is 4.99. The molecule has 132 valence electrons. The number of urea groups is 1. The second-order valence-electron chi connectivity index (χ2n) is 6.12. The molecule has 1 aromatic carbocycles. The van der Waals surface area contributed by atoms with Crippen molar-refractivity contribution in [2.45, 2.75) is 12.5 Å². The summed E-state index contributed by atoms with van der Waals surface area (Å²) in [6.07, 6.45) is 0.497. The normalized spacial score (nSPS) is 23.3. The van der Waals surface area contributed by atoms with E-state index in [1.54, 1.807) is 11.0 Å². The number of amides is 2. The summed E-state index contributed by atoms with van der Waals surface area (Å²) in [6, 6.07) is 5.04. The van der Waals surface area contributed by atoms with Gasteiger partial charge in [0.2, 0.25) is 0 Å². The Morgan fingerprint density at radius 1 is 1.12 bits per heavy atom. The van der Waals surface area contributed by atoms with Gasteiger partial charge in [-0.2, -0.15) is 0 Å². The van der Waals surface area contributed by atoms with Crippen molar-refractivity contribution in [2.24, 2.45) is 0 Å². The number of hydrogen-bond donors (Lipinski definition) is 1. The molecule has 2 saturated heterocycles. The molecule has 1 N–H and O–H groups in total. The highest BCUT2D eigenvalue weighted by molar-refractivity contribution is 7.91. The van der Waals surface area contributed by atoms with E-state index >= 15 is 0 Å². The van der Waals surface area contributed by atoms with Gasteiger partial charge in [-0.3, -0.25) is 0 Å². The van der Waals surface area contributed by atoms with Crippen molar-refractivity contribution in [3.8, 4) is 0 Å². The van der Waals surface area contributed by atoms with Gasteiger partial charge in [-0.1, -0.05) is 23.2 Å². The molecule has 3 rings (SSSR count). The number of anilines is 1. The Bertz CT molecular complexity index is 733. The largest absolute Gasteiger partial charge is 0.368 e. The average Bonchev–Trinajstić information content (AvgIpc) is 2.89. The van der Waals surface area contributed by atoms with Crippen molar-refractivity contribution in [3.05, 3.63) is 28.2 Å².